The smallest absolute Gasteiger partial charge is 0.416 e. The predicted molar refractivity (Wildman–Crippen MR) is 127 cm³/mol. The molecule has 2 N–H and O–H groups in total. The highest BCUT2D eigenvalue weighted by Crippen LogP contribution is 2.47. The van der Waals surface area contributed by atoms with Gasteiger partial charge in [0.1, 0.15) is 0 Å². The molecule has 0 saturated heterocycles. The van der Waals surface area contributed by atoms with Crippen LogP contribution in [-0.4, -0.2) is 21.6 Å². The number of benzene rings is 2. The van der Waals surface area contributed by atoms with E-state index in [4.69, 9.17) is 0 Å². The molecule has 5 rings (SSSR count). The molecule has 180 valence electrons. The van der Waals surface area contributed by atoms with Gasteiger partial charge in [0.25, 0.3) is 5.91 Å². The first-order valence-electron chi connectivity index (χ1n) is 11.0. The molecule has 4 aromatic rings. The number of rotatable bonds is 6. The van der Waals surface area contributed by atoms with Crippen molar-refractivity contribution < 1.29 is 27.9 Å². The normalized spacial score (nSPS) is 14.7. The van der Waals surface area contributed by atoms with Gasteiger partial charge < -0.3 is 15.0 Å². The molecular formula is C26H21F3N2O3S. The number of carbonyl (C=O) groups excluding carboxylic acids is 1. The monoisotopic (exact) mass is 498 g/mol. The van der Waals surface area contributed by atoms with Gasteiger partial charge in [0.2, 0.25) is 0 Å². The molecule has 1 fully saturated rings. The van der Waals surface area contributed by atoms with E-state index in [1.807, 2.05) is 23.8 Å². The molecular weight excluding hydrogens is 477 g/mol. The number of alkyl halides is 3. The molecule has 2 aromatic heterocycles. The number of halogens is 3. The Morgan fingerprint density at radius 1 is 1.09 bits per heavy atom. The van der Waals surface area contributed by atoms with E-state index in [9.17, 15) is 27.9 Å². The van der Waals surface area contributed by atoms with Crippen LogP contribution >= 0.6 is 11.3 Å². The van der Waals surface area contributed by atoms with Crippen LogP contribution in [0.3, 0.4) is 0 Å². The second kappa shape index (κ2) is 8.27. The van der Waals surface area contributed by atoms with E-state index in [-0.39, 0.29) is 11.5 Å². The van der Waals surface area contributed by atoms with E-state index in [1.54, 1.807) is 18.2 Å². The minimum Gasteiger partial charge on any atom is -0.478 e. The lowest BCUT2D eigenvalue weighted by molar-refractivity contribution is -0.137. The third-order valence-electron chi connectivity index (χ3n) is 6.42. The van der Waals surface area contributed by atoms with Crippen molar-refractivity contribution in [1.82, 2.24) is 9.88 Å². The third kappa shape index (κ3) is 4.20. The van der Waals surface area contributed by atoms with Gasteiger partial charge in [-0.25, -0.2) is 4.79 Å². The third-order valence-corrected chi connectivity index (χ3v) is 7.48. The number of nitrogens with one attached hydrogen (secondary N) is 1. The zero-order valence-electron chi connectivity index (χ0n) is 18.6. The fourth-order valence-corrected chi connectivity index (χ4v) is 5.60. The van der Waals surface area contributed by atoms with E-state index in [1.165, 1.54) is 29.5 Å². The highest BCUT2D eigenvalue weighted by Gasteiger charge is 2.48. The second-order valence-corrected chi connectivity index (χ2v) is 10.0. The quantitative estimate of drug-likeness (QED) is 0.333. The number of nitrogens with zero attached hydrogens (tertiary/aromatic N) is 1. The fourth-order valence-electron chi connectivity index (χ4n) is 4.53. The first-order valence-corrected chi connectivity index (χ1v) is 11.8. The van der Waals surface area contributed by atoms with E-state index in [0.29, 0.717) is 41.6 Å². The summed E-state index contributed by atoms with van der Waals surface area (Å²) in [6.07, 6.45) is -1.29. The SMILES string of the molecule is Cc1sc2ccn(Cc3ccc(C(F)(F)F)cc3)c2c1C(=O)NC1(c2ccccc2C(=O)O)CC1. The Kier molecular flexibility index (Phi) is 5.47. The van der Waals surface area contributed by atoms with Crippen LogP contribution in [0, 0.1) is 6.92 Å². The number of aromatic nitrogens is 1. The number of carbonyl (C=O) groups is 2. The van der Waals surface area contributed by atoms with Crippen molar-refractivity contribution in [3.8, 4) is 0 Å². The van der Waals surface area contributed by atoms with Crippen LogP contribution in [0.5, 0.6) is 0 Å². The van der Waals surface area contributed by atoms with Crippen molar-refractivity contribution in [3.05, 3.63) is 93.5 Å². The second-order valence-electron chi connectivity index (χ2n) is 8.77. The number of hydrogen-bond acceptors (Lipinski definition) is 3. The maximum Gasteiger partial charge on any atom is 0.416 e. The molecule has 1 saturated carbocycles. The summed E-state index contributed by atoms with van der Waals surface area (Å²) in [6, 6.07) is 13.6. The fraction of sp³-hybridized carbons (Fsp3) is 0.231. The summed E-state index contributed by atoms with van der Waals surface area (Å²) in [5.74, 6) is -1.33. The lowest BCUT2D eigenvalue weighted by atomic mass is 9.97. The molecule has 1 amide bonds. The van der Waals surface area contributed by atoms with Gasteiger partial charge in [-0.3, -0.25) is 4.79 Å². The molecule has 0 spiro atoms. The number of hydrogen-bond donors (Lipinski definition) is 2. The first-order chi connectivity index (χ1) is 16.6. The number of fused-ring (bicyclic) bond motifs is 1. The topological polar surface area (TPSA) is 71.3 Å². The van der Waals surface area contributed by atoms with Crippen LogP contribution in [-0.2, 0) is 18.3 Å². The van der Waals surface area contributed by atoms with Crippen LogP contribution in [0.4, 0.5) is 13.2 Å². The maximum absolute atomic E-state index is 13.5. The molecule has 35 heavy (non-hydrogen) atoms. The molecule has 0 unspecified atom stereocenters. The minimum absolute atomic E-state index is 0.170. The van der Waals surface area contributed by atoms with Crippen molar-refractivity contribution >= 4 is 33.4 Å². The molecule has 5 nitrogen and oxygen atoms in total. The van der Waals surface area contributed by atoms with Gasteiger partial charge >= 0.3 is 12.1 Å². The van der Waals surface area contributed by atoms with E-state index < -0.39 is 23.2 Å². The average Bonchev–Trinajstić information content (AvgIpc) is 3.38. The van der Waals surface area contributed by atoms with Crippen molar-refractivity contribution in [1.29, 1.82) is 0 Å². The summed E-state index contributed by atoms with van der Waals surface area (Å²) >= 11 is 1.47. The van der Waals surface area contributed by atoms with Crippen LogP contribution in [0.25, 0.3) is 10.2 Å². The summed E-state index contributed by atoms with van der Waals surface area (Å²) in [5.41, 5.74) is 1.22. The largest absolute Gasteiger partial charge is 0.478 e. The van der Waals surface area contributed by atoms with Crippen molar-refractivity contribution in [2.75, 3.05) is 0 Å². The molecule has 0 radical (unpaired) electrons. The van der Waals surface area contributed by atoms with Gasteiger partial charge in [0.05, 0.1) is 32.4 Å². The Hall–Kier alpha value is -3.59. The first kappa shape index (κ1) is 23.2. The van der Waals surface area contributed by atoms with Crippen molar-refractivity contribution in [2.24, 2.45) is 0 Å². The molecule has 0 atom stereocenters. The Morgan fingerprint density at radius 2 is 1.77 bits per heavy atom. The van der Waals surface area contributed by atoms with Gasteiger partial charge in [-0.15, -0.1) is 11.3 Å². The van der Waals surface area contributed by atoms with E-state index >= 15 is 0 Å². The summed E-state index contributed by atoms with van der Waals surface area (Å²) in [6.45, 7) is 2.16. The van der Waals surface area contributed by atoms with Crippen molar-refractivity contribution in [2.45, 2.75) is 38.0 Å². The van der Waals surface area contributed by atoms with Crippen LogP contribution in [0.2, 0.25) is 0 Å². The van der Waals surface area contributed by atoms with Crippen molar-refractivity contribution in [3.63, 3.8) is 0 Å². The highest BCUT2D eigenvalue weighted by molar-refractivity contribution is 7.19. The molecule has 2 aromatic carbocycles. The van der Waals surface area contributed by atoms with Gasteiger partial charge in [-0.1, -0.05) is 30.3 Å². The molecule has 9 heteroatoms. The summed E-state index contributed by atoms with van der Waals surface area (Å²) < 4.78 is 41.5. The number of aryl methyl sites for hydroxylation is 1. The van der Waals surface area contributed by atoms with Gasteiger partial charge in [-0.05, 0) is 55.2 Å². The average molecular weight is 499 g/mol. The number of aromatic carboxylic acids is 1. The van der Waals surface area contributed by atoms with Crippen LogP contribution in [0.1, 0.15) is 55.1 Å². The van der Waals surface area contributed by atoms with Crippen LogP contribution < -0.4 is 5.32 Å². The Balaban J connectivity index is 1.46. The molecule has 1 aliphatic carbocycles. The Labute approximate surface area is 202 Å². The van der Waals surface area contributed by atoms with Gasteiger partial charge in [-0.2, -0.15) is 13.2 Å². The Bertz CT molecular complexity index is 1450. The van der Waals surface area contributed by atoms with Gasteiger partial charge in [0, 0.05) is 17.6 Å². The van der Waals surface area contributed by atoms with Gasteiger partial charge in [0.15, 0.2) is 0 Å². The number of carboxylic acids is 1. The standard InChI is InChI=1S/C26H21F3N2O3S/c1-15-21(23(32)30-25(11-12-25)19-5-3-2-4-18(19)24(33)34)22-20(35-15)10-13-31(22)14-16-6-8-17(9-7-16)26(27,28)29/h2-10,13H,11-12,14H2,1H3,(H,30,32)(H,33,34). The molecule has 2 heterocycles. The molecule has 0 aliphatic heterocycles. The summed E-state index contributed by atoms with van der Waals surface area (Å²) in [5, 5.41) is 12.7. The van der Waals surface area contributed by atoms with E-state index in [2.05, 4.69) is 5.32 Å². The Morgan fingerprint density at radius 3 is 2.40 bits per heavy atom. The number of carboxylic acid groups (broad SMARTS) is 1. The lowest BCUT2D eigenvalue weighted by Crippen LogP contribution is -2.36. The van der Waals surface area contributed by atoms with Crippen LogP contribution in [0.15, 0.2) is 60.8 Å². The zero-order valence-corrected chi connectivity index (χ0v) is 19.5. The van der Waals surface area contributed by atoms with E-state index in [0.717, 1.165) is 21.7 Å². The highest BCUT2D eigenvalue weighted by atomic mass is 32.1. The number of thiophene rings is 1. The lowest BCUT2D eigenvalue weighted by Gasteiger charge is -2.20. The molecule has 1 aliphatic rings. The minimum atomic E-state index is -4.40. The predicted octanol–water partition coefficient (Wildman–Crippen LogP) is 6.20. The summed E-state index contributed by atoms with van der Waals surface area (Å²) in [4.78, 5) is 26.1. The summed E-state index contributed by atoms with van der Waals surface area (Å²) in [7, 11) is 0. The number of amides is 1. The maximum atomic E-state index is 13.5. The zero-order chi connectivity index (χ0) is 25.0. The molecule has 0 bridgehead atoms.